The van der Waals surface area contributed by atoms with Gasteiger partial charge in [-0.1, -0.05) is 17.3 Å². The van der Waals surface area contributed by atoms with Gasteiger partial charge in [-0.2, -0.15) is 0 Å². The van der Waals surface area contributed by atoms with Gasteiger partial charge in [0.05, 0.1) is 17.6 Å². The lowest BCUT2D eigenvalue weighted by atomic mass is 9.97. The summed E-state index contributed by atoms with van der Waals surface area (Å²) in [6, 6.07) is 10.1. The summed E-state index contributed by atoms with van der Waals surface area (Å²) in [6.45, 7) is 0. The minimum absolute atomic E-state index is 0.0491. The fourth-order valence-corrected chi connectivity index (χ4v) is 3.60. The lowest BCUT2D eigenvalue weighted by molar-refractivity contribution is -0.129. The Morgan fingerprint density at radius 1 is 1.23 bits per heavy atom. The van der Waals surface area contributed by atoms with Crippen LogP contribution in [0, 0.1) is 5.82 Å². The highest BCUT2D eigenvalue weighted by atomic mass is 32.2. The molecule has 4 N–H and O–H groups in total. The molecule has 0 fully saturated rings. The Hall–Kier alpha value is -3.28. The molecule has 0 aliphatic rings. The van der Waals surface area contributed by atoms with Crippen molar-refractivity contribution in [3.63, 3.8) is 0 Å². The topological polar surface area (TPSA) is 145 Å². The Morgan fingerprint density at radius 3 is 2.48 bits per heavy atom. The molecular formula is C20H20FN3O6S. The number of hydroxylamine groups is 1. The van der Waals surface area contributed by atoms with Crippen LogP contribution in [-0.2, 0) is 21.2 Å². The van der Waals surface area contributed by atoms with E-state index in [1.54, 1.807) is 23.7 Å². The first kappa shape index (κ1) is 22.4. The van der Waals surface area contributed by atoms with Crippen molar-refractivity contribution in [3.8, 4) is 28.1 Å². The molecule has 3 rings (SSSR count). The SMILES string of the molecule is COc1ccc(-c2noc(CCCC(=O)NO)c2-c2ccc(S(N)(=O)=O)cc2)cc1F. The summed E-state index contributed by atoms with van der Waals surface area (Å²) in [5.74, 6) is -0.641. The van der Waals surface area contributed by atoms with E-state index in [4.69, 9.17) is 19.6 Å². The molecule has 0 unspecified atom stereocenters. The van der Waals surface area contributed by atoms with E-state index < -0.39 is 21.7 Å². The van der Waals surface area contributed by atoms with E-state index in [1.165, 1.54) is 31.4 Å². The van der Waals surface area contributed by atoms with Crippen LogP contribution in [0.4, 0.5) is 4.39 Å². The quantitative estimate of drug-likeness (QED) is 0.354. The zero-order valence-electron chi connectivity index (χ0n) is 16.5. The van der Waals surface area contributed by atoms with Gasteiger partial charge in [0.2, 0.25) is 15.9 Å². The number of carbonyl (C=O) groups excluding carboxylic acids is 1. The number of nitrogens with two attached hydrogens (primary N) is 1. The Balaban J connectivity index is 2.05. The van der Waals surface area contributed by atoms with Crippen molar-refractivity contribution in [1.82, 2.24) is 10.6 Å². The van der Waals surface area contributed by atoms with Crippen LogP contribution < -0.4 is 15.4 Å². The third kappa shape index (κ3) is 5.08. The number of halogens is 1. The third-order valence-corrected chi connectivity index (χ3v) is 5.52. The smallest absolute Gasteiger partial charge is 0.243 e. The molecule has 1 amide bonds. The number of hydrogen-bond acceptors (Lipinski definition) is 7. The van der Waals surface area contributed by atoms with Crippen LogP contribution in [0.1, 0.15) is 18.6 Å². The standard InChI is InChI=1S/C20H20FN3O6S/c1-29-16-10-7-13(11-15(16)21)20-19(12-5-8-14(9-6-12)31(22,27)28)17(30-24-20)3-2-4-18(25)23-26/h5-11,26H,2-4H2,1H3,(H,23,25)(H2,22,27,28). The Bertz CT molecular complexity index is 1190. The maximum absolute atomic E-state index is 14.3. The average molecular weight is 449 g/mol. The van der Waals surface area contributed by atoms with Crippen LogP contribution in [0.25, 0.3) is 22.4 Å². The summed E-state index contributed by atoms with van der Waals surface area (Å²) in [5.41, 5.74) is 3.41. The first-order valence-electron chi connectivity index (χ1n) is 9.13. The summed E-state index contributed by atoms with van der Waals surface area (Å²) < 4.78 is 47.8. The maximum Gasteiger partial charge on any atom is 0.243 e. The van der Waals surface area contributed by atoms with Crippen LogP contribution in [0.15, 0.2) is 51.9 Å². The Morgan fingerprint density at radius 2 is 1.90 bits per heavy atom. The second-order valence-corrected chi connectivity index (χ2v) is 8.20. The van der Waals surface area contributed by atoms with Gasteiger partial charge in [-0.25, -0.2) is 23.4 Å². The van der Waals surface area contributed by atoms with Gasteiger partial charge >= 0.3 is 0 Å². The van der Waals surface area contributed by atoms with Gasteiger partial charge in [-0.15, -0.1) is 0 Å². The summed E-state index contributed by atoms with van der Waals surface area (Å²) in [4.78, 5) is 11.2. The molecule has 9 nitrogen and oxygen atoms in total. The zero-order chi connectivity index (χ0) is 22.6. The van der Waals surface area contributed by atoms with Crippen molar-refractivity contribution in [2.45, 2.75) is 24.2 Å². The van der Waals surface area contributed by atoms with Crippen molar-refractivity contribution >= 4 is 15.9 Å². The monoisotopic (exact) mass is 449 g/mol. The molecular weight excluding hydrogens is 429 g/mol. The zero-order valence-corrected chi connectivity index (χ0v) is 17.3. The first-order valence-corrected chi connectivity index (χ1v) is 10.7. The molecule has 0 atom stereocenters. The van der Waals surface area contributed by atoms with Crippen molar-refractivity contribution in [1.29, 1.82) is 0 Å². The van der Waals surface area contributed by atoms with E-state index in [-0.39, 0.29) is 17.1 Å². The molecule has 0 aliphatic carbocycles. The number of rotatable bonds is 8. The molecule has 164 valence electrons. The van der Waals surface area contributed by atoms with Crippen molar-refractivity contribution < 1.29 is 32.1 Å². The van der Waals surface area contributed by atoms with E-state index in [9.17, 15) is 17.6 Å². The first-order chi connectivity index (χ1) is 14.7. The largest absolute Gasteiger partial charge is 0.494 e. The molecule has 0 aliphatic heterocycles. The molecule has 11 heteroatoms. The predicted octanol–water partition coefficient (Wildman–Crippen LogP) is 2.63. The minimum atomic E-state index is -3.87. The van der Waals surface area contributed by atoms with Crippen molar-refractivity contribution in [2.24, 2.45) is 5.14 Å². The molecule has 0 radical (unpaired) electrons. The van der Waals surface area contributed by atoms with Crippen LogP contribution in [0.2, 0.25) is 0 Å². The summed E-state index contributed by atoms with van der Waals surface area (Å²) in [6.07, 6.45) is 0.694. The molecule has 31 heavy (non-hydrogen) atoms. The molecule has 0 saturated carbocycles. The second-order valence-electron chi connectivity index (χ2n) is 6.64. The molecule has 1 aromatic heterocycles. The van der Waals surface area contributed by atoms with Gasteiger partial charge in [0.25, 0.3) is 0 Å². The van der Waals surface area contributed by atoms with Crippen molar-refractivity contribution in [2.75, 3.05) is 7.11 Å². The Labute approximate surface area is 177 Å². The van der Waals surface area contributed by atoms with Gasteiger partial charge in [0, 0.05) is 18.4 Å². The number of methoxy groups -OCH3 is 1. The maximum atomic E-state index is 14.3. The summed E-state index contributed by atoms with van der Waals surface area (Å²) in [5, 5.41) is 17.9. The van der Waals surface area contributed by atoms with Crippen molar-refractivity contribution in [3.05, 3.63) is 54.0 Å². The number of hydrogen-bond donors (Lipinski definition) is 3. The van der Waals surface area contributed by atoms with E-state index in [0.717, 1.165) is 0 Å². The number of nitrogens with zero attached hydrogens (tertiary/aromatic N) is 1. The van der Waals surface area contributed by atoms with E-state index >= 15 is 0 Å². The number of aromatic nitrogens is 1. The van der Waals surface area contributed by atoms with Gasteiger partial charge in [0.1, 0.15) is 11.5 Å². The van der Waals surface area contributed by atoms with Crippen LogP contribution in [-0.4, -0.2) is 31.8 Å². The lowest BCUT2D eigenvalue weighted by Gasteiger charge is -2.08. The minimum Gasteiger partial charge on any atom is -0.494 e. The van der Waals surface area contributed by atoms with Crippen LogP contribution in [0.3, 0.4) is 0 Å². The summed E-state index contributed by atoms with van der Waals surface area (Å²) >= 11 is 0. The van der Waals surface area contributed by atoms with E-state index in [0.29, 0.717) is 41.0 Å². The fourth-order valence-electron chi connectivity index (χ4n) is 3.08. The van der Waals surface area contributed by atoms with E-state index in [2.05, 4.69) is 5.16 Å². The molecule has 0 saturated heterocycles. The number of carbonyl (C=O) groups is 1. The van der Waals surface area contributed by atoms with Gasteiger partial charge < -0.3 is 9.26 Å². The van der Waals surface area contributed by atoms with Gasteiger partial charge in [-0.05, 0) is 42.3 Å². The highest BCUT2D eigenvalue weighted by Crippen LogP contribution is 2.37. The number of ether oxygens (including phenoxy) is 1. The number of amides is 1. The second kappa shape index (κ2) is 9.25. The van der Waals surface area contributed by atoms with E-state index in [1.807, 2.05) is 0 Å². The number of primary sulfonamides is 1. The normalized spacial score (nSPS) is 11.4. The van der Waals surface area contributed by atoms with Gasteiger partial charge in [0.15, 0.2) is 11.6 Å². The molecule has 1 heterocycles. The predicted molar refractivity (Wildman–Crippen MR) is 108 cm³/mol. The molecule has 3 aromatic rings. The molecule has 0 spiro atoms. The lowest BCUT2D eigenvalue weighted by Crippen LogP contribution is -2.18. The number of nitrogens with one attached hydrogen (secondary N) is 1. The number of benzene rings is 2. The Kier molecular flexibility index (Phi) is 6.68. The van der Waals surface area contributed by atoms with Crippen LogP contribution in [0.5, 0.6) is 5.75 Å². The number of sulfonamides is 1. The molecule has 2 aromatic carbocycles. The fraction of sp³-hybridized carbons (Fsp3) is 0.200. The van der Waals surface area contributed by atoms with Crippen LogP contribution >= 0.6 is 0 Å². The third-order valence-electron chi connectivity index (χ3n) is 4.59. The molecule has 0 bridgehead atoms. The highest BCUT2D eigenvalue weighted by molar-refractivity contribution is 7.89. The average Bonchev–Trinajstić information content (AvgIpc) is 3.16. The van der Waals surface area contributed by atoms with Gasteiger partial charge in [-0.3, -0.25) is 10.0 Å². The summed E-state index contributed by atoms with van der Waals surface area (Å²) in [7, 11) is -2.52. The highest BCUT2D eigenvalue weighted by Gasteiger charge is 2.21. The number of aryl methyl sites for hydroxylation is 1.